The van der Waals surface area contributed by atoms with Crippen molar-refractivity contribution in [1.29, 1.82) is 0 Å². The minimum atomic E-state index is -0.355. The third-order valence-corrected chi connectivity index (χ3v) is 4.80. The Kier molecular flexibility index (Phi) is 8.30. The van der Waals surface area contributed by atoms with E-state index in [1.54, 1.807) is 17.0 Å². The Bertz CT molecular complexity index is 596. The molecule has 1 fully saturated rings. The minimum Gasteiger partial charge on any atom is -0.343 e. The van der Waals surface area contributed by atoms with Crippen LogP contribution in [0.3, 0.4) is 0 Å². The van der Waals surface area contributed by atoms with E-state index in [0.29, 0.717) is 22.2 Å². The van der Waals surface area contributed by atoms with Crippen molar-refractivity contribution in [2.24, 2.45) is 5.73 Å². The molecule has 0 radical (unpaired) electrons. The number of halogens is 3. The molecule has 24 heavy (non-hydrogen) atoms. The molecular formula is C16H22Cl3N3O2. The maximum atomic E-state index is 12.4. The number of hydrogen-bond donors (Lipinski definition) is 2. The van der Waals surface area contributed by atoms with E-state index in [-0.39, 0.29) is 42.8 Å². The molecule has 0 aliphatic carbocycles. The SMILES string of the molecule is CC(N)C1CCCCN1C(=O)CNC(=O)c1ccc(Cl)c(Cl)c1.Cl. The van der Waals surface area contributed by atoms with Gasteiger partial charge < -0.3 is 16.0 Å². The molecule has 2 rings (SSSR count). The second-order valence-corrected chi connectivity index (χ2v) is 6.64. The highest BCUT2D eigenvalue weighted by molar-refractivity contribution is 6.42. The Labute approximate surface area is 158 Å². The first-order chi connectivity index (χ1) is 10.9. The molecule has 0 aromatic heterocycles. The van der Waals surface area contributed by atoms with Crippen LogP contribution in [-0.4, -0.2) is 41.9 Å². The van der Waals surface area contributed by atoms with Crippen LogP contribution in [0.4, 0.5) is 0 Å². The van der Waals surface area contributed by atoms with Crippen LogP contribution in [-0.2, 0) is 4.79 Å². The summed E-state index contributed by atoms with van der Waals surface area (Å²) >= 11 is 11.7. The highest BCUT2D eigenvalue weighted by atomic mass is 35.5. The zero-order chi connectivity index (χ0) is 17.0. The summed E-state index contributed by atoms with van der Waals surface area (Å²) < 4.78 is 0. The Morgan fingerprint density at radius 1 is 1.33 bits per heavy atom. The normalized spacial score (nSPS) is 18.5. The molecule has 1 aliphatic heterocycles. The summed E-state index contributed by atoms with van der Waals surface area (Å²) in [6, 6.07) is 4.56. The van der Waals surface area contributed by atoms with Crippen LogP contribution in [0.1, 0.15) is 36.5 Å². The number of benzene rings is 1. The first kappa shape index (κ1) is 21.0. The van der Waals surface area contributed by atoms with E-state index in [9.17, 15) is 9.59 Å². The zero-order valence-electron chi connectivity index (χ0n) is 13.4. The third-order valence-electron chi connectivity index (χ3n) is 4.06. The van der Waals surface area contributed by atoms with Gasteiger partial charge in [-0.1, -0.05) is 23.2 Å². The number of nitrogens with two attached hydrogens (primary N) is 1. The van der Waals surface area contributed by atoms with Gasteiger partial charge in [0.25, 0.3) is 5.91 Å². The predicted molar refractivity (Wildman–Crippen MR) is 99.0 cm³/mol. The minimum absolute atomic E-state index is 0. The number of hydrogen-bond acceptors (Lipinski definition) is 3. The Hall–Kier alpha value is -1.01. The Morgan fingerprint density at radius 2 is 2.04 bits per heavy atom. The molecule has 1 saturated heterocycles. The lowest BCUT2D eigenvalue weighted by Crippen LogP contribution is -2.54. The lowest BCUT2D eigenvalue weighted by molar-refractivity contribution is -0.134. The second kappa shape index (κ2) is 9.47. The van der Waals surface area contributed by atoms with Crippen molar-refractivity contribution in [1.82, 2.24) is 10.2 Å². The van der Waals surface area contributed by atoms with Gasteiger partial charge in [0.2, 0.25) is 5.91 Å². The second-order valence-electron chi connectivity index (χ2n) is 5.82. The van der Waals surface area contributed by atoms with Crippen LogP contribution < -0.4 is 11.1 Å². The maximum Gasteiger partial charge on any atom is 0.251 e. The summed E-state index contributed by atoms with van der Waals surface area (Å²) in [5, 5.41) is 3.32. The fourth-order valence-corrected chi connectivity index (χ4v) is 3.11. The number of likely N-dealkylation sites (tertiary alicyclic amines) is 1. The van der Waals surface area contributed by atoms with Crippen LogP contribution >= 0.6 is 35.6 Å². The summed E-state index contributed by atoms with van der Waals surface area (Å²) in [5.41, 5.74) is 6.33. The highest BCUT2D eigenvalue weighted by Crippen LogP contribution is 2.22. The van der Waals surface area contributed by atoms with Gasteiger partial charge in [0.05, 0.1) is 16.6 Å². The van der Waals surface area contributed by atoms with Crippen molar-refractivity contribution in [3.63, 3.8) is 0 Å². The molecule has 2 amide bonds. The lowest BCUT2D eigenvalue weighted by atomic mass is 9.97. The van der Waals surface area contributed by atoms with Gasteiger partial charge in [-0.3, -0.25) is 9.59 Å². The molecule has 1 aromatic rings. The van der Waals surface area contributed by atoms with Gasteiger partial charge in [0.15, 0.2) is 0 Å². The molecule has 134 valence electrons. The lowest BCUT2D eigenvalue weighted by Gasteiger charge is -2.38. The van der Waals surface area contributed by atoms with E-state index >= 15 is 0 Å². The van der Waals surface area contributed by atoms with E-state index in [1.807, 2.05) is 6.92 Å². The van der Waals surface area contributed by atoms with E-state index < -0.39 is 0 Å². The molecule has 2 unspecified atom stereocenters. The van der Waals surface area contributed by atoms with Crippen molar-refractivity contribution >= 4 is 47.4 Å². The fraction of sp³-hybridized carbons (Fsp3) is 0.500. The molecule has 1 aromatic carbocycles. The average Bonchev–Trinajstić information content (AvgIpc) is 2.54. The van der Waals surface area contributed by atoms with Crippen LogP contribution in [0, 0.1) is 0 Å². The first-order valence-corrected chi connectivity index (χ1v) is 8.44. The van der Waals surface area contributed by atoms with Crippen LogP contribution in [0.25, 0.3) is 0 Å². The summed E-state index contributed by atoms with van der Waals surface area (Å²) in [6.07, 6.45) is 2.95. The van der Waals surface area contributed by atoms with Crippen LogP contribution in [0.5, 0.6) is 0 Å². The maximum absolute atomic E-state index is 12.4. The Balaban J connectivity index is 0.00000288. The van der Waals surface area contributed by atoms with E-state index in [2.05, 4.69) is 5.32 Å². The third kappa shape index (κ3) is 5.24. The molecule has 2 atom stereocenters. The molecule has 1 heterocycles. The number of carbonyl (C=O) groups excluding carboxylic acids is 2. The van der Waals surface area contributed by atoms with Gasteiger partial charge >= 0.3 is 0 Å². The Morgan fingerprint density at radius 3 is 2.67 bits per heavy atom. The molecule has 8 heteroatoms. The molecular weight excluding hydrogens is 373 g/mol. The van der Waals surface area contributed by atoms with Gasteiger partial charge in [0.1, 0.15) is 0 Å². The molecule has 5 nitrogen and oxygen atoms in total. The number of rotatable bonds is 4. The molecule has 1 aliphatic rings. The van der Waals surface area contributed by atoms with Gasteiger partial charge in [-0.2, -0.15) is 0 Å². The van der Waals surface area contributed by atoms with Crippen molar-refractivity contribution < 1.29 is 9.59 Å². The van der Waals surface area contributed by atoms with Gasteiger partial charge in [-0.05, 0) is 44.4 Å². The van der Waals surface area contributed by atoms with E-state index in [0.717, 1.165) is 19.3 Å². The predicted octanol–water partition coefficient (Wildman–Crippen LogP) is 2.87. The zero-order valence-corrected chi connectivity index (χ0v) is 15.8. The van der Waals surface area contributed by atoms with Crippen molar-refractivity contribution in [2.75, 3.05) is 13.1 Å². The van der Waals surface area contributed by atoms with Crippen molar-refractivity contribution in [2.45, 2.75) is 38.3 Å². The summed E-state index contributed by atoms with van der Waals surface area (Å²) in [6.45, 7) is 2.54. The van der Waals surface area contributed by atoms with E-state index in [4.69, 9.17) is 28.9 Å². The van der Waals surface area contributed by atoms with Crippen LogP contribution in [0.15, 0.2) is 18.2 Å². The molecule has 0 bridgehead atoms. The van der Waals surface area contributed by atoms with E-state index in [1.165, 1.54) is 6.07 Å². The molecule has 3 N–H and O–H groups in total. The highest BCUT2D eigenvalue weighted by Gasteiger charge is 2.29. The average molecular weight is 395 g/mol. The fourth-order valence-electron chi connectivity index (χ4n) is 2.81. The topological polar surface area (TPSA) is 75.4 Å². The summed E-state index contributed by atoms with van der Waals surface area (Å²) in [7, 11) is 0. The molecule has 0 spiro atoms. The number of piperidine rings is 1. The smallest absolute Gasteiger partial charge is 0.251 e. The monoisotopic (exact) mass is 393 g/mol. The number of amides is 2. The van der Waals surface area contributed by atoms with Crippen molar-refractivity contribution in [3.8, 4) is 0 Å². The number of nitrogens with one attached hydrogen (secondary N) is 1. The largest absolute Gasteiger partial charge is 0.343 e. The number of carbonyl (C=O) groups is 2. The van der Waals surface area contributed by atoms with Crippen LogP contribution in [0.2, 0.25) is 10.0 Å². The quantitative estimate of drug-likeness (QED) is 0.824. The van der Waals surface area contributed by atoms with Gasteiger partial charge in [-0.15, -0.1) is 12.4 Å². The first-order valence-electron chi connectivity index (χ1n) is 7.68. The molecule has 0 saturated carbocycles. The standard InChI is InChI=1S/C16H21Cl2N3O2.ClH/c1-10(19)14-4-2-3-7-21(14)15(22)9-20-16(23)11-5-6-12(17)13(18)8-11;/h5-6,8,10,14H,2-4,7,9,19H2,1H3,(H,20,23);1H. The van der Waals surface area contributed by atoms with Gasteiger partial charge in [-0.25, -0.2) is 0 Å². The van der Waals surface area contributed by atoms with Gasteiger partial charge in [0, 0.05) is 24.2 Å². The summed E-state index contributed by atoms with van der Waals surface area (Å²) in [4.78, 5) is 26.3. The number of nitrogens with zero attached hydrogens (tertiary/aromatic N) is 1. The summed E-state index contributed by atoms with van der Waals surface area (Å²) in [5.74, 6) is -0.466. The van der Waals surface area contributed by atoms with Crippen molar-refractivity contribution in [3.05, 3.63) is 33.8 Å².